The molecule has 1 amide bonds. The number of carbonyl (C=O) groups is 1. The Bertz CT molecular complexity index is 1170. The van der Waals surface area contributed by atoms with Crippen molar-refractivity contribution in [2.75, 3.05) is 19.5 Å². The number of benzene rings is 2. The molecule has 0 spiro atoms. The number of anilines is 1. The first kappa shape index (κ1) is 22.3. The molecule has 0 aliphatic carbocycles. The van der Waals surface area contributed by atoms with Crippen LogP contribution in [0.3, 0.4) is 0 Å². The monoisotopic (exact) mass is 469 g/mol. The third kappa shape index (κ3) is 4.21. The Balaban J connectivity index is 1.90. The van der Waals surface area contributed by atoms with Gasteiger partial charge in [-0.2, -0.15) is 0 Å². The third-order valence-electron chi connectivity index (χ3n) is 4.29. The lowest BCUT2D eigenvalue weighted by Crippen LogP contribution is -2.25. The smallest absolute Gasteiger partial charge is 0.264 e. The van der Waals surface area contributed by atoms with Crippen LogP contribution >= 0.6 is 23.2 Å². The average Bonchev–Trinajstić information content (AvgIpc) is 3.08. The number of sulfonamides is 1. The lowest BCUT2D eigenvalue weighted by Gasteiger charge is -2.14. The molecule has 0 saturated heterocycles. The van der Waals surface area contributed by atoms with Crippen molar-refractivity contribution in [3.05, 3.63) is 63.8 Å². The molecule has 3 aromatic rings. The van der Waals surface area contributed by atoms with Gasteiger partial charge in [0.2, 0.25) is 0 Å². The number of carbonyl (C=O) groups excluding carboxylic acids is 1. The second-order valence-electron chi connectivity index (χ2n) is 6.13. The molecule has 0 unspecified atom stereocenters. The van der Waals surface area contributed by atoms with E-state index in [9.17, 15) is 13.2 Å². The molecular weight excluding hydrogens is 453 g/mol. The van der Waals surface area contributed by atoms with Crippen LogP contribution in [-0.2, 0) is 14.9 Å². The van der Waals surface area contributed by atoms with E-state index in [1.807, 2.05) is 0 Å². The van der Waals surface area contributed by atoms with Gasteiger partial charge in [-0.3, -0.25) is 9.63 Å². The number of amides is 1. The Morgan fingerprint density at radius 3 is 2.30 bits per heavy atom. The fourth-order valence-electron chi connectivity index (χ4n) is 2.68. The minimum Gasteiger partial charge on any atom is -0.360 e. The van der Waals surface area contributed by atoms with E-state index in [1.165, 1.54) is 38.4 Å². The fraction of sp³-hybridized carbons (Fsp3) is 0.158. The van der Waals surface area contributed by atoms with Crippen molar-refractivity contribution in [3.63, 3.8) is 0 Å². The molecule has 1 N–H and O–H groups in total. The quantitative estimate of drug-likeness (QED) is 0.537. The van der Waals surface area contributed by atoms with Crippen molar-refractivity contribution in [1.29, 1.82) is 0 Å². The number of hydrogen-bond donors (Lipinski definition) is 1. The molecule has 0 saturated carbocycles. The van der Waals surface area contributed by atoms with Crippen LogP contribution in [0.15, 0.2) is 51.9 Å². The van der Waals surface area contributed by atoms with Crippen molar-refractivity contribution in [2.24, 2.45) is 0 Å². The fourth-order valence-corrected chi connectivity index (χ4v) is 4.23. The largest absolute Gasteiger partial charge is 0.360 e. The van der Waals surface area contributed by atoms with Crippen molar-refractivity contribution in [2.45, 2.75) is 11.8 Å². The zero-order valence-electron chi connectivity index (χ0n) is 16.1. The highest BCUT2D eigenvalue weighted by atomic mass is 35.5. The molecule has 0 fully saturated rings. The Kier molecular flexibility index (Phi) is 6.49. The van der Waals surface area contributed by atoms with Gasteiger partial charge in [-0.05, 0) is 43.3 Å². The van der Waals surface area contributed by atoms with Crippen LogP contribution in [0.2, 0.25) is 10.0 Å². The maximum Gasteiger partial charge on any atom is 0.264 e. The van der Waals surface area contributed by atoms with E-state index in [0.29, 0.717) is 21.3 Å². The molecule has 0 aliphatic heterocycles. The first-order valence-corrected chi connectivity index (χ1v) is 10.7. The summed E-state index contributed by atoms with van der Waals surface area (Å²) < 4.78 is 30.5. The standard InChI is InChI=1S/C19H17Cl2N3O5S/c1-11-16(18(23-29-11)17-14(20)5-4-6-15(17)21)19(25)22-12-7-9-13(10-8-12)30(26,27)24(2)28-3/h4-10H,1-3H3,(H,22,25). The van der Waals surface area contributed by atoms with Crippen molar-refractivity contribution in [3.8, 4) is 11.3 Å². The van der Waals surface area contributed by atoms with Gasteiger partial charge in [0.05, 0.1) is 22.1 Å². The second-order valence-corrected chi connectivity index (χ2v) is 8.89. The van der Waals surface area contributed by atoms with Gasteiger partial charge >= 0.3 is 0 Å². The second kappa shape index (κ2) is 8.75. The zero-order valence-corrected chi connectivity index (χ0v) is 18.5. The Morgan fingerprint density at radius 2 is 1.73 bits per heavy atom. The van der Waals surface area contributed by atoms with Crippen molar-refractivity contribution >= 4 is 44.8 Å². The maximum atomic E-state index is 12.9. The molecule has 30 heavy (non-hydrogen) atoms. The predicted molar refractivity (Wildman–Crippen MR) is 113 cm³/mol. The highest BCUT2D eigenvalue weighted by molar-refractivity contribution is 7.89. The topological polar surface area (TPSA) is 102 Å². The van der Waals surface area contributed by atoms with Crippen LogP contribution in [0.25, 0.3) is 11.3 Å². The number of aryl methyl sites for hydroxylation is 1. The molecular formula is C19H17Cl2N3O5S. The van der Waals surface area contributed by atoms with Gasteiger partial charge in [0.25, 0.3) is 15.9 Å². The summed E-state index contributed by atoms with van der Waals surface area (Å²) in [5, 5.41) is 7.28. The molecule has 8 nitrogen and oxygen atoms in total. The first-order valence-electron chi connectivity index (χ1n) is 8.52. The van der Waals surface area contributed by atoms with E-state index in [4.69, 9.17) is 32.6 Å². The summed E-state index contributed by atoms with van der Waals surface area (Å²) in [6.45, 7) is 1.59. The number of halogens is 2. The van der Waals surface area contributed by atoms with Crippen LogP contribution in [0, 0.1) is 6.92 Å². The number of hydroxylamine groups is 1. The van der Waals surface area contributed by atoms with E-state index in [0.717, 1.165) is 4.47 Å². The molecule has 1 aromatic heterocycles. The molecule has 0 aliphatic rings. The van der Waals surface area contributed by atoms with Gasteiger partial charge in [-0.15, -0.1) is 0 Å². The molecule has 0 radical (unpaired) electrons. The van der Waals surface area contributed by atoms with E-state index < -0.39 is 15.9 Å². The molecule has 2 aromatic carbocycles. The lowest BCUT2D eigenvalue weighted by molar-refractivity contribution is -0.0258. The van der Waals surface area contributed by atoms with Gasteiger partial charge in [-0.1, -0.05) is 38.9 Å². The number of nitrogens with zero attached hydrogens (tertiary/aromatic N) is 2. The van der Waals surface area contributed by atoms with Crippen molar-refractivity contribution < 1.29 is 22.6 Å². The lowest BCUT2D eigenvalue weighted by atomic mass is 10.1. The normalized spacial score (nSPS) is 11.7. The highest BCUT2D eigenvalue weighted by Crippen LogP contribution is 2.37. The number of nitrogens with one attached hydrogen (secondary N) is 1. The van der Waals surface area contributed by atoms with Crippen LogP contribution in [0.5, 0.6) is 0 Å². The summed E-state index contributed by atoms with van der Waals surface area (Å²) in [5.74, 6) is -0.233. The minimum absolute atomic E-state index is 0.00884. The first-order chi connectivity index (χ1) is 14.2. The summed E-state index contributed by atoms with van der Waals surface area (Å²) in [4.78, 5) is 17.7. The Labute approximate surface area is 183 Å². The van der Waals surface area contributed by atoms with Gasteiger partial charge in [-0.25, -0.2) is 8.42 Å². The number of aromatic nitrogens is 1. The molecule has 0 bridgehead atoms. The summed E-state index contributed by atoms with van der Waals surface area (Å²) in [7, 11) is -1.27. The molecule has 11 heteroatoms. The van der Waals surface area contributed by atoms with Gasteiger partial charge in [0.1, 0.15) is 17.0 Å². The Hall–Kier alpha value is -2.43. The molecule has 0 atom stereocenters. The maximum absolute atomic E-state index is 12.9. The molecule has 1 heterocycles. The van der Waals surface area contributed by atoms with E-state index in [2.05, 4.69) is 10.5 Å². The SMILES string of the molecule is CON(C)S(=O)(=O)c1ccc(NC(=O)c2c(-c3c(Cl)cccc3Cl)noc2C)cc1. The summed E-state index contributed by atoms with van der Waals surface area (Å²) in [5.41, 5.74) is 1.13. The third-order valence-corrected chi connectivity index (χ3v) is 6.62. The average molecular weight is 470 g/mol. The number of hydrogen-bond acceptors (Lipinski definition) is 6. The van der Waals surface area contributed by atoms with Crippen molar-refractivity contribution in [1.82, 2.24) is 9.63 Å². The highest BCUT2D eigenvalue weighted by Gasteiger charge is 2.25. The predicted octanol–water partition coefficient (Wildman–Crippen LogP) is 4.39. The van der Waals surface area contributed by atoms with Gasteiger partial charge < -0.3 is 9.84 Å². The summed E-state index contributed by atoms with van der Waals surface area (Å²) in [6.07, 6.45) is 0. The summed E-state index contributed by atoms with van der Waals surface area (Å²) in [6, 6.07) is 10.6. The Morgan fingerprint density at radius 1 is 1.13 bits per heavy atom. The van der Waals surface area contributed by atoms with E-state index >= 15 is 0 Å². The van der Waals surface area contributed by atoms with Crippen LogP contribution in [0.4, 0.5) is 5.69 Å². The van der Waals surface area contributed by atoms with Crippen LogP contribution in [0.1, 0.15) is 16.1 Å². The zero-order chi connectivity index (χ0) is 22.1. The molecule has 158 valence electrons. The minimum atomic E-state index is -3.79. The van der Waals surface area contributed by atoms with E-state index in [1.54, 1.807) is 25.1 Å². The van der Waals surface area contributed by atoms with E-state index in [-0.39, 0.29) is 21.9 Å². The van der Waals surface area contributed by atoms with Gasteiger partial charge in [0, 0.05) is 18.3 Å². The summed E-state index contributed by atoms with van der Waals surface area (Å²) >= 11 is 12.5. The molecule has 3 rings (SSSR count). The van der Waals surface area contributed by atoms with Gasteiger partial charge in [0.15, 0.2) is 0 Å². The van der Waals surface area contributed by atoms with Crippen LogP contribution in [-0.4, -0.2) is 38.1 Å². The van der Waals surface area contributed by atoms with Crippen LogP contribution < -0.4 is 5.32 Å². The number of rotatable bonds is 6.